The molecule has 3 N–H and O–H groups in total. The SMILES string of the molecule is Cc1ccc(N)cc1NC(=O)c1ccc(Br)cc1Cl. The molecule has 2 aromatic rings. The standard InChI is InChI=1S/C14H12BrClN2O/c1-8-2-4-10(17)7-13(8)18-14(19)11-5-3-9(15)6-12(11)16/h2-7H,17H2,1H3,(H,18,19). The van der Waals surface area contributed by atoms with Gasteiger partial charge in [-0.15, -0.1) is 0 Å². The van der Waals surface area contributed by atoms with Crippen LogP contribution in [0.1, 0.15) is 15.9 Å². The number of carbonyl (C=O) groups excluding carboxylic acids is 1. The molecular formula is C14H12BrClN2O. The Morgan fingerprint density at radius 2 is 2.00 bits per heavy atom. The highest BCUT2D eigenvalue weighted by Crippen LogP contribution is 2.24. The Balaban J connectivity index is 2.28. The monoisotopic (exact) mass is 338 g/mol. The zero-order valence-electron chi connectivity index (χ0n) is 10.2. The molecule has 0 radical (unpaired) electrons. The Morgan fingerprint density at radius 3 is 2.68 bits per heavy atom. The van der Waals surface area contributed by atoms with Crippen LogP contribution in [0.4, 0.5) is 11.4 Å². The number of rotatable bonds is 2. The average Bonchev–Trinajstić information content (AvgIpc) is 2.33. The van der Waals surface area contributed by atoms with E-state index in [1.54, 1.807) is 30.3 Å². The summed E-state index contributed by atoms with van der Waals surface area (Å²) in [6.07, 6.45) is 0. The van der Waals surface area contributed by atoms with E-state index in [1.165, 1.54) is 0 Å². The van der Waals surface area contributed by atoms with Gasteiger partial charge >= 0.3 is 0 Å². The van der Waals surface area contributed by atoms with Crippen molar-refractivity contribution in [1.82, 2.24) is 0 Å². The summed E-state index contributed by atoms with van der Waals surface area (Å²) in [5.41, 5.74) is 8.36. The van der Waals surface area contributed by atoms with Crippen LogP contribution in [0.3, 0.4) is 0 Å². The van der Waals surface area contributed by atoms with Crippen LogP contribution in [0, 0.1) is 6.92 Å². The second kappa shape index (κ2) is 5.63. The van der Waals surface area contributed by atoms with Crippen LogP contribution in [0.5, 0.6) is 0 Å². The third-order valence-corrected chi connectivity index (χ3v) is 3.49. The quantitative estimate of drug-likeness (QED) is 0.804. The van der Waals surface area contributed by atoms with Crippen molar-refractivity contribution in [2.45, 2.75) is 6.92 Å². The molecule has 2 aromatic carbocycles. The van der Waals surface area contributed by atoms with Crippen molar-refractivity contribution < 1.29 is 4.79 Å². The lowest BCUT2D eigenvalue weighted by Gasteiger charge is -2.10. The number of aryl methyl sites for hydroxylation is 1. The molecule has 0 atom stereocenters. The molecule has 0 aliphatic heterocycles. The second-order valence-electron chi connectivity index (χ2n) is 4.15. The largest absolute Gasteiger partial charge is 0.399 e. The third-order valence-electron chi connectivity index (χ3n) is 2.69. The minimum atomic E-state index is -0.258. The Morgan fingerprint density at radius 1 is 1.26 bits per heavy atom. The number of carbonyl (C=O) groups is 1. The molecule has 0 saturated heterocycles. The highest BCUT2D eigenvalue weighted by Gasteiger charge is 2.12. The summed E-state index contributed by atoms with van der Waals surface area (Å²) in [7, 11) is 0. The fraction of sp³-hybridized carbons (Fsp3) is 0.0714. The maximum atomic E-state index is 12.2. The first kappa shape index (κ1) is 13.9. The lowest BCUT2D eigenvalue weighted by atomic mass is 10.1. The van der Waals surface area contributed by atoms with E-state index < -0.39 is 0 Å². The lowest BCUT2D eigenvalue weighted by Crippen LogP contribution is -2.13. The topological polar surface area (TPSA) is 55.1 Å². The van der Waals surface area contributed by atoms with E-state index in [9.17, 15) is 4.79 Å². The summed E-state index contributed by atoms with van der Waals surface area (Å²) >= 11 is 9.35. The number of benzene rings is 2. The fourth-order valence-corrected chi connectivity index (χ4v) is 2.40. The van der Waals surface area contributed by atoms with Crippen molar-refractivity contribution in [3.63, 3.8) is 0 Å². The van der Waals surface area contributed by atoms with Gasteiger partial charge in [-0.25, -0.2) is 0 Å². The number of nitrogens with two attached hydrogens (primary N) is 1. The first-order valence-electron chi connectivity index (χ1n) is 5.60. The lowest BCUT2D eigenvalue weighted by molar-refractivity contribution is 0.102. The van der Waals surface area contributed by atoms with Crippen molar-refractivity contribution in [1.29, 1.82) is 0 Å². The summed E-state index contributed by atoms with van der Waals surface area (Å²) in [5.74, 6) is -0.258. The van der Waals surface area contributed by atoms with Crippen LogP contribution in [-0.2, 0) is 0 Å². The smallest absolute Gasteiger partial charge is 0.257 e. The summed E-state index contributed by atoms with van der Waals surface area (Å²) in [4.78, 5) is 12.2. The van der Waals surface area contributed by atoms with Gasteiger partial charge in [-0.2, -0.15) is 0 Å². The minimum Gasteiger partial charge on any atom is -0.399 e. The molecule has 0 unspecified atom stereocenters. The predicted molar refractivity (Wildman–Crippen MR) is 82.7 cm³/mol. The molecule has 0 heterocycles. The third kappa shape index (κ3) is 3.28. The van der Waals surface area contributed by atoms with Gasteiger partial charge in [0.15, 0.2) is 0 Å². The molecule has 0 aromatic heterocycles. The summed E-state index contributed by atoms with van der Waals surface area (Å²) in [5, 5.41) is 3.21. The molecule has 0 spiro atoms. The maximum absolute atomic E-state index is 12.2. The first-order valence-corrected chi connectivity index (χ1v) is 6.77. The normalized spacial score (nSPS) is 10.3. The van der Waals surface area contributed by atoms with Gasteiger partial charge in [0, 0.05) is 15.8 Å². The van der Waals surface area contributed by atoms with Gasteiger partial charge < -0.3 is 11.1 Å². The second-order valence-corrected chi connectivity index (χ2v) is 5.48. The maximum Gasteiger partial charge on any atom is 0.257 e. The number of amides is 1. The van der Waals surface area contributed by atoms with Crippen LogP contribution in [0.25, 0.3) is 0 Å². The highest BCUT2D eigenvalue weighted by atomic mass is 79.9. The molecule has 19 heavy (non-hydrogen) atoms. The zero-order valence-corrected chi connectivity index (χ0v) is 12.5. The van der Waals surface area contributed by atoms with E-state index in [4.69, 9.17) is 17.3 Å². The van der Waals surface area contributed by atoms with E-state index in [-0.39, 0.29) is 5.91 Å². The van der Waals surface area contributed by atoms with E-state index in [2.05, 4.69) is 21.2 Å². The van der Waals surface area contributed by atoms with E-state index in [1.807, 2.05) is 13.0 Å². The van der Waals surface area contributed by atoms with Crippen LogP contribution < -0.4 is 11.1 Å². The van der Waals surface area contributed by atoms with Crippen molar-refractivity contribution >= 4 is 44.8 Å². The molecule has 5 heteroatoms. The van der Waals surface area contributed by atoms with Crippen LogP contribution in [0.15, 0.2) is 40.9 Å². The number of anilines is 2. The van der Waals surface area contributed by atoms with E-state index >= 15 is 0 Å². The molecule has 1 amide bonds. The molecule has 0 bridgehead atoms. The molecule has 0 aliphatic carbocycles. The molecule has 0 fully saturated rings. The summed E-state index contributed by atoms with van der Waals surface area (Å²) < 4.78 is 0.828. The zero-order chi connectivity index (χ0) is 14.0. The first-order chi connectivity index (χ1) is 8.97. The van der Waals surface area contributed by atoms with Gasteiger partial charge in [0.05, 0.1) is 10.6 Å². The molecule has 2 rings (SSSR count). The summed E-state index contributed by atoms with van der Waals surface area (Å²) in [6.45, 7) is 1.90. The number of nitrogens with one attached hydrogen (secondary N) is 1. The number of halogens is 2. The molecule has 0 saturated carbocycles. The Kier molecular flexibility index (Phi) is 4.12. The van der Waals surface area contributed by atoms with Gasteiger partial charge in [-0.1, -0.05) is 33.6 Å². The van der Waals surface area contributed by atoms with Gasteiger partial charge in [-0.05, 0) is 42.8 Å². The Labute approximate surface area is 124 Å². The molecular weight excluding hydrogens is 328 g/mol. The van der Waals surface area contributed by atoms with E-state index in [0.29, 0.717) is 22.0 Å². The molecule has 98 valence electrons. The van der Waals surface area contributed by atoms with E-state index in [0.717, 1.165) is 10.0 Å². The van der Waals surface area contributed by atoms with Gasteiger partial charge in [0.25, 0.3) is 5.91 Å². The van der Waals surface area contributed by atoms with Gasteiger partial charge in [0.2, 0.25) is 0 Å². The fourth-order valence-electron chi connectivity index (χ4n) is 1.64. The molecule has 0 aliphatic rings. The number of hydrogen-bond donors (Lipinski definition) is 2. The number of hydrogen-bond acceptors (Lipinski definition) is 2. The average molecular weight is 340 g/mol. The van der Waals surface area contributed by atoms with Crippen molar-refractivity contribution in [2.75, 3.05) is 11.1 Å². The summed E-state index contributed by atoms with van der Waals surface area (Å²) in [6, 6.07) is 10.5. The van der Waals surface area contributed by atoms with Crippen molar-refractivity contribution in [3.05, 3.63) is 57.0 Å². The Bertz CT molecular complexity index is 643. The number of nitrogen functional groups attached to an aromatic ring is 1. The van der Waals surface area contributed by atoms with Crippen LogP contribution >= 0.6 is 27.5 Å². The minimum absolute atomic E-state index is 0.258. The van der Waals surface area contributed by atoms with Crippen molar-refractivity contribution in [2.24, 2.45) is 0 Å². The van der Waals surface area contributed by atoms with Gasteiger partial charge in [0.1, 0.15) is 0 Å². The Hall–Kier alpha value is -1.52. The molecule has 3 nitrogen and oxygen atoms in total. The van der Waals surface area contributed by atoms with Crippen molar-refractivity contribution in [3.8, 4) is 0 Å². The van der Waals surface area contributed by atoms with Gasteiger partial charge in [-0.3, -0.25) is 4.79 Å². The predicted octanol–water partition coefficient (Wildman–Crippen LogP) is 4.25. The van der Waals surface area contributed by atoms with Crippen LogP contribution in [-0.4, -0.2) is 5.91 Å². The van der Waals surface area contributed by atoms with Crippen LogP contribution in [0.2, 0.25) is 5.02 Å². The highest BCUT2D eigenvalue weighted by molar-refractivity contribution is 9.10.